The van der Waals surface area contributed by atoms with E-state index in [0.717, 1.165) is 0 Å². The van der Waals surface area contributed by atoms with Crippen LogP contribution in [0, 0.1) is 5.82 Å². The molecule has 154 valence electrons. The lowest BCUT2D eigenvalue weighted by Crippen LogP contribution is -2.60. The summed E-state index contributed by atoms with van der Waals surface area (Å²) in [5, 5.41) is 41.0. The van der Waals surface area contributed by atoms with Crippen LogP contribution in [-0.2, 0) is 4.74 Å². The third kappa shape index (κ3) is 3.54. The maximum absolute atomic E-state index is 14.9. The number of rotatable bonds is 4. The molecule has 8 nitrogen and oxygen atoms in total. The van der Waals surface area contributed by atoms with Gasteiger partial charge in [-0.3, -0.25) is 0 Å². The van der Waals surface area contributed by atoms with Crippen LogP contribution in [0.4, 0.5) is 4.39 Å². The first-order valence-electron chi connectivity index (χ1n) is 8.68. The van der Waals surface area contributed by atoms with Crippen LogP contribution in [0.1, 0.15) is 0 Å². The molecule has 4 rings (SSSR count). The summed E-state index contributed by atoms with van der Waals surface area (Å²) in [5.74, 6) is -1.39. The van der Waals surface area contributed by atoms with E-state index in [1.807, 2.05) is 0 Å². The fourth-order valence-corrected chi connectivity index (χ4v) is 3.85. The molecular weight excluding hydrogens is 407 g/mol. The van der Waals surface area contributed by atoms with E-state index >= 15 is 0 Å². The second-order valence-electron chi connectivity index (χ2n) is 6.54. The van der Waals surface area contributed by atoms with Gasteiger partial charge in [0.25, 0.3) is 0 Å². The maximum atomic E-state index is 14.9. The molecule has 0 saturated carbocycles. The summed E-state index contributed by atoms with van der Waals surface area (Å²) in [6.07, 6.45) is -7.69. The van der Waals surface area contributed by atoms with Gasteiger partial charge in [0.2, 0.25) is 12.1 Å². The number of benzene rings is 1. The smallest absolute Gasteiger partial charge is 0.345 e. The van der Waals surface area contributed by atoms with Gasteiger partial charge in [-0.1, -0.05) is 6.07 Å². The van der Waals surface area contributed by atoms with E-state index in [4.69, 9.17) is 13.9 Å². The molecule has 29 heavy (non-hydrogen) atoms. The Labute approximate surface area is 167 Å². The summed E-state index contributed by atoms with van der Waals surface area (Å²) < 4.78 is 30.6. The molecule has 0 amide bonds. The maximum Gasteiger partial charge on any atom is 0.345 e. The number of aliphatic hydroxyl groups is 4. The fraction of sp³-hybridized carbons (Fsp3) is 0.316. The SMILES string of the molecule is O=c1oc2c(F)c(O[C@@H]3O[C@H](CO)[C@H](O)[C@H](O)[C@H]3O)ccc2cc1-c1cccs1. The van der Waals surface area contributed by atoms with Crippen molar-refractivity contribution in [2.45, 2.75) is 30.7 Å². The predicted octanol–water partition coefficient (Wildman–Crippen LogP) is 0.839. The van der Waals surface area contributed by atoms with Crippen molar-refractivity contribution in [3.63, 3.8) is 0 Å². The molecule has 0 aliphatic carbocycles. The standard InChI is InChI=1S/C19H17FO8S/c20-13-10(26-19-16(24)15(23)14(22)11(7-21)27-19)4-3-8-6-9(12-2-1-5-29-12)18(25)28-17(8)13/h1-6,11,14-16,19,21-24H,7H2/t11-,14+,15+,16-,19-/m1/s1. The van der Waals surface area contributed by atoms with Crippen molar-refractivity contribution in [2.24, 2.45) is 0 Å². The lowest BCUT2D eigenvalue weighted by molar-refractivity contribution is -0.277. The van der Waals surface area contributed by atoms with Gasteiger partial charge in [-0.05, 0) is 29.6 Å². The Morgan fingerprint density at radius 1 is 1.14 bits per heavy atom. The number of hydrogen-bond donors (Lipinski definition) is 4. The summed E-state index contributed by atoms with van der Waals surface area (Å²) in [6.45, 7) is -0.647. The van der Waals surface area contributed by atoms with E-state index in [-0.39, 0.29) is 5.58 Å². The van der Waals surface area contributed by atoms with Crippen molar-refractivity contribution in [1.82, 2.24) is 0 Å². The normalized spacial score (nSPS) is 27.3. The zero-order valence-corrected chi connectivity index (χ0v) is 15.6. The van der Waals surface area contributed by atoms with Crippen LogP contribution in [-0.4, -0.2) is 57.7 Å². The molecule has 0 radical (unpaired) electrons. The monoisotopic (exact) mass is 424 g/mol. The van der Waals surface area contributed by atoms with E-state index in [0.29, 0.717) is 15.8 Å². The number of halogens is 1. The molecule has 0 unspecified atom stereocenters. The Bertz CT molecular complexity index is 1060. The van der Waals surface area contributed by atoms with Crippen molar-refractivity contribution in [1.29, 1.82) is 0 Å². The van der Waals surface area contributed by atoms with Crippen molar-refractivity contribution in [3.05, 3.63) is 51.9 Å². The molecule has 1 aliphatic rings. The van der Waals surface area contributed by atoms with Gasteiger partial charge in [0.15, 0.2) is 11.3 Å². The lowest BCUT2D eigenvalue weighted by atomic mass is 9.99. The van der Waals surface area contributed by atoms with Crippen LogP contribution in [0.15, 0.2) is 44.9 Å². The Morgan fingerprint density at radius 3 is 2.62 bits per heavy atom. The van der Waals surface area contributed by atoms with E-state index in [1.54, 1.807) is 17.5 Å². The fourth-order valence-electron chi connectivity index (χ4n) is 3.12. The number of ether oxygens (including phenoxy) is 2. The number of thiophene rings is 1. The highest BCUT2D eigenvalue weighted by Crippen LogP contribution is 2.32. The Morgan fingerprint density at radius 2 is 1.93 bits per heavy atom. The van der Waals surface area contributed by atoms with Gasteiger partial charge in [-0.2, -0.15) is 4.39 Å². The summed E-state index contributed by atoms with van der Waals surface area (Å²) in [4.78, 5) is 13.0. The van der Waals surface area contributed by atoms with Gasteiger partial charge in [0.1, 0.15) is 24.4 Å². The summed E-state index contributed by atoms with van der Waals surface area (Å²) in [7, 11) is 0. The Balaban J connectivity index is 1.67. The summed E-state index contributed by atoms with van der Waals surface area (Å²) in [5.41, 5.74) is -0.754. The van der Waals surface area contributed by atoms with Crippen molar-refractivity contribution in [3.8, 4) is 16.2 Å². The molecule has 1 fully saturated rings. The molecule has 1 aliphatic heterocycles. The molecule has 4 N–H and O–H groups in total. The van der Waals surface area contributed by atoms with Gasteiger partial charge in [0.05, 0.1) is 12.2 Å². The van der Waals surface area contributed by atoms with Gasteiger partial charge >= 0.3 is 5.63 Å². The molecule has 1 saturated heterocycles. The second-order valence-corrected chi connectivity index (χ2v) is 7.48. The van der Waals surface area contributed by atoms with E-state index in [2.05, 4.69) is 0 Å². The molecule has 3 aromatic rings. The largest absolute Gasteiger partial charge is 0.459 e. The first-order chi connectivity index (χ1) is 13.9. The third-order valence-corrected chi connectivity index (χ3v) is 5.59. The number of fused-ring (bicyclic) bond motifs is 1. The minimum atomic E-state index is -1.70. The van der Waals surface area contributed by atoms with E-state index < -0.39 is 54.5 Å². The lowest BCUT2D eigenvalue weighted by Gasteiger charge is -2.39. The van der Waals surface area contributed by atoms with Gasteiger partial charge < -0.3 is 34.3 Å². The zero-order valence-electron chi connectivity index (χ0n) is 14.8. The van der Waals surface area contributed by atoms with Crippen LogP contribution in [0.5, 0.6) is 5.75 Å². The quantitative estimate of drug-likeness (QED) is 0.454. The second kappa shape index (κ2) is 7.82. The van der Waals surface area contributed by atoms with Crippen LogP contribution < -0.4 is 10.4 Å². The first kappa shape index (κ1) is 20.0. The van der Waals surface area contributed by atoms with Crippen LogP contribution >= 0.6 is 11.3 Å². The minimum absolute atomic E-state index is 0.300. The molecule has 0 spiro atoms. The highest BCUT2D eigenvalue weighted by Gasteiger charge is 2.45. The summed E-state index contributed by atoms with van der Waals surface area (Å²) in [6, 6.07) is 7.76. The molecule has 0 bridgehead atoms. The van der Waals surface area contributed by atoms with Crippen molar-refractivity contribution < 1.29 is 38.7 Å². The third-order valence-electron chi connectivity index (χ3n) is 4.68. The zero-order chi connectivity index (χ0) is 20.7. The molecule has 1 aromatic carbocycles. The topological polar surface area (TPSA) is 130 Å². The van der Waals surface area contributed by atoms with E-state index in [9.17, 15) is 29.6 Å². The minimum Gasteiger partial charge on any atom is -0.459 e. The van der Waals surface area contributed by atoms with Crippen LogP contribution in [0.2, 0.25) is 0 Å². The molecule has 2 aromatic heterocycles. The Hall–Kier alpha value is -2.34. The average Bonchev–Trinajstić information content (AvgIpc) is 3.25. The average molecular weight is 424 g/mol. The van der Waals surface area contributed by atoms with Crippen molar-refractivity contribution >= 4 is 22.3 Å². The van der Waals surface area contributed by atoms with Gasteiger partial charge in [-0.25, -0.2) is 4.79 Å². The summed E-state index contributed by atoms with van der Waals surface area (Å²) >= 11 is 1.34. The Kier molecular flexibility index (Phi) is 5.38. The molecule has 5 atom stereocenters. The van der Waals surface area contributed by atoms with Crippen LogP contribution in [0.25, 0.3) is 21.4 Å². The predicted molar refractivity (Wildman–Crippen MR) is 100 cm³/mol. The number of aliphatic hydroxyl groups excluding tert-OH is 4. The number of hydrogen-bond acceptors (Lipinski definition) is 9. The van der Waals surface area contributed by atoms with Crippen LogP contribution in [0.3, 0.4) is 0 Å². The molecule has 3 heterocycles. The van der Waals surface area contributed by atoms with Crippen molar-refractivity contribution in [2.75, 3.05) is 6.61 Å². The van der Waals surface area contributed by atoms with E-state index in [1.165, 1.54) is 29.5 Å². The van der Waals surface area contributed by atoms with Gasteiger partial charge in [0, 0.05) is 10.3 Å². The first-order valence-corrected chi connectivity index (χ1v) is 9.56. The molecule has 10 heteroatoms. The highest BCUT2D eigenvalue weighted by molar-refractivity contribution is 7.13. The van der Waals surface area contributed by atoms with Gasteiger partial charge in [-0.15, -0.1) is 11.3 Å². The molecular formula is C19H17FO8S. The highest BCUT2D eigenvalue weighted by atomic mass is 32.1.